The van der Waals surface area contributed by atoms with E-state index in [1.807, 2.05) is 0 Å². The van der Waals surface area contributed by atoms with E-state index in [1.165, 1.54) is 141 Å². The highest BCUT2D eigenvalue weighted by Gasteiger charge is 2.48. The molecule has 0 spiro atoms. The molecule has 1 heterocycles. The summed E-state index contributed by atoms with van der Waals surface area (Å²) in [6, 6.07) is 0. The molecule has 6 atom stereocenters. The Hall–Kier alpha value is -2.46. The quantitative estimate of drug-likeness (QED) is 0.0196. The number of carbonyl (C=O) groups excluding carboxylic acids is 1. The van der Waals surface area contributed by atoms with Crippen LogP contribution in [0.3, 0.4) is 0 Å². The molecule has 4 N–H and O–H groups in total. The minimum absolute atomic E-state index is 0.0304. The summed E-state index contributed by atoms with van der Waals surface area (Å²) < 4.78 is 59.5. The first kappa shape index (κ1) is 69.6. The monoisotopic (exact) mass is 1060 g/mol. The van der Waals surface area contributed by atoms with Gasteiger partial charge in [0.05, 0.1) is 19.8 Å². The van der Waals surface area contributed by atoms with Crippen molar-refractivity contribution in [2.75, 3.05) is 26.4 Å². The van der Waals surface area contributed by atoms with Gasteiger partial charge in [-0.25, -0.2) is 4.18 Å². The Morgan fingerprint density at radius 3 is 1.36 bits per heavy atom. The molecule has 0 aromatic rings. The molecule has 74 heavy (non-hydrogen) atoms. The standard InChI is InChI=1S/C61H108O12S/c1-3-5-7-9-11-13-15-17-19-21-23-25-26-27-28-29-31-33-35-37-39-41-43-45-47-49-51-69-53-55(54-70-61-59(65)60(73-74(66,67)68)58(64)56(52-62)72-61)71-57(63)50-48-46-44-42-40-38-36-34-32-30-24-22-20-18-16-14-12-10-8-6-4-2/h6,8,12,14-15,17-18,20-21,23-24,30,55-56,58-62,64-65H,3-5,7,9-11,13,16,19,22,25-29,31-54H2,1-2H3,(H,66,67,68)/b8-6-,14-12-,17-15-,20-18-,23-21-,30-24-. The van der Waals surface area contributed by atoms with Crippen LogP contribution < -0.4 is 0 Å². The van der Waals surface area contributed by atoms with E-state index in [4.69, 9.17) is 18.9 Å². The van der Waals surface area contributed by atoms with Gasteiger partial charge in [-0.15, -0.1) is 0 Å². The number of hydrogen-bond acceptors (Lipinski definition) is 11. The van der Waals surface area contributed by atoms with Gasteiger partial charge in [0.1, 0.15) is 30.5 Å². The van der Waals surface area contributed by atoms with Crippen LogP contribution in [-0.2, 0) is 38.3 Å². The number of hydrogen-bond donors (Lipinski definition) is 4. The van der Waals surface area contributed by atoms with Crippen LogP contribution in [0.5, 0.6) is 0 Å². The predicted molar refractivity (Wildman–Crippen MR) is 303 cm³/mol. The van der Waals surface area contributed by atoms with Crippen molar-refractivity contribution in [3.05, 3.63) is 72.9 Å². The van der Waals surface area contributed by atoms with Gasteiger partial charge in [0.2, 0.25) is 0 Å². The van der Waals surface area contributed by atoms with Crippen molar-refractivity contribution >= 4 is 16.4 Å². The van der Waals surface area contributed by atoms with Crippen LogP contribution in [0.1, 0.15) is 245 Å². The highest BCUT2D eigenvalue weighted by molar-refractivity contribution is 7.80. The van der Waals surface area contributed by atoms with E-state index < -0.39 is 59.8 Å². The minimum atomic E-state index is -5.07. The van der Waals surface area contributed by atoms with Crippen molar-refractivity contribution in [3.63, 3.8) is 0 Å². The molecule has 1 aliphatic heterocycles. The molecule has 0 amide bonds. The summed E-state index contributed by atoms with van der Waals surface area (Å²) in [4.78, 5) is 13.0. The fourth-order valence-electron chi connectivity index (χ4n) is 8.87. The second-order valence-corrected chi connectivity index (χ2v) is 21.3. The largest absolute Gasteiger partial charge is 0.457 e. The molecule has 0 radical (unpaired) electrons. The van der Waals surface area contributed by atoms with E-state index >= 15 is 0 Å². The van der Waals surface area contributed by atoms with Crippen molar-refractivity contribution in [2.45, 2.75) is 282 Å². The van der Waals surface area contributed by atoms with Gasteiger partial charge in [0, 0.05) is 13.0 Å². The maximum absolute atomic E-state index is 13.0. The number of rotatable bonds is 52. The highest BCUT2D eigenvalue weighted by Crippen LogP contribution is 2.26. The second kappa shape index (κ2) is 51.3. The Morgan fingerprint density at radius 2 is 0.932 bits per heavy atom. The topological polar surface area (TPSA) is 178 Å². The van der Waals surface area contributed by atoms with E-state index in [0.717, 1.165) is 77.0 Å². The van der Waals surface area contributed by atoms with Crippen molar-refractivity contribution in [1.82, 2.24) is 0 Å². The molecule has 1 fully saturated rings. The molecular weight excluding hydrogens is 957 g/mol. The van der Waals surface area contributed by atoms with E-state index in [9.17, 15) is 33.1 Å². The Bertz CT molecular complexity index is 1560. The van der Waals surface area contributed by atoms with Crippen molar-refractivity contribution in [2.24, 2.45) is 0 Å². The maximum atomic E-state index is 13.0. The van der Waals surface area contributed by atoms with E-state index in [0.29, 0.717) is 13.0 Å². The molecule has 0 aromatic carbocycles. The molecule has 1 rings (SSSR count). The van der Waals surface area contributed by atoms with E-state index in [1.54, 1.807) is 0 Å². The molecular formula is C61H108O12S. The number of aliphatic hydroxyl groups is 3. The number of ether oxygens (including phenoxy) is 4. The van der Waals surface area contributed by atoms with Crippen LogP contribution in [-0.4, -0.2) is 97.5 Å². The first-order chi connectivity index (χ1) is 36.1. The fourth-order valence-corrected chi connectivity index (χ4v) is 9.38. The van der Waals surface area contributed by atoms with Gasteiger partial charge in [-0.3, -0.25) is 9.35 Å². The Morgan fingerprint density at radius 1 is 0.527 bits per heavy atom. The fraction of sp³-hybridized carbons (Fsp3) is 0.787. The lowest BCUT2D eigenvalue weighted by Crippen LogP contribution is -2.60. The van der Waals surface area contributed by atoms with Crippen molar-refractivity contribution < 1.29 is 56.2 Å². The lowest BCUT2D eigenvalue weighted by molar-refractivity contribution is -0.301. The Balaban J connectivity index is 2.28. The molecule has 0 saturated carbocycles. The summed E-state index contributed by atoms with van der Waals surface area (Å²) in [6.45, 7) is 3.89. The first-order valence-electron chi connectivity index (χ1n) is 29.7. The second-order valence-electron chi connectivity index (χ2n) is 20.2. The SMILES string of the molecule is CC/C=C\C/C=C\C/C=C\C/C=C\CCCCCCCCCCC(=O)OC(COCCCCCCCCCCCCCCCC/C=C\C/C=C\CCCCCCC)COC1OC(CO)C(O)C(OS(=O)(=O)O)C1O. The Kier molecular flexibility index (Phi) is 48.2. The molecule has 12 nitrogen and oxygen atoms in total. The van der Waals surface area contributed by atoms with Crippen LogP contribution >= 0.6 is 0 Å². The molecule has 0 aliphatic carbocycles. The summed E-state index contributed by atoms with van der Waals surface area (Å²) in [7, 11) is -5.07. The third-order valence-corrected chi connectivity index (χ3v) is 13.8. The van der Waals surface area contributed by atoms with Crippen molar-refractivity contribution in [3.8, 4) is 0 Å². The zero-order valence-electron chi connectivity index (χ0n) is 46.6. The van der Waals surface area contributed by atoms with Gasteiger partial charge in [-0.1, -0.05) is 228 Å². The van der Waals surface area contributed by atoms with Crippen LogP contribution in [0.25, 0.3) is 0 Å². The third-order valence-electron chi connectivity index (χ3n) is 13.3. The molecule has 430 valence electrons. The van der Waals surface area contributed by atoms with E-state index in [-0.39, 0.29) is 19.6 Å². The number of unbranched alkanes of at least 4 members (excludes halogenated alkanes) is 27. The van der Waals surface area contributed by atoms with E-state index in [2.05, 4.69) is 90.9 Å². The normalized spacial score (nSPS) is 19.2. The first-order valence-corrected chi connectivity index (χ1v) is 31.1. The summed E-state index contributed by atoms with van der Waals surface area (Å²) in [6.07, 6.45) is 59.4. The van der Waals surface area contributed by atoms with Gasteiger partial charge >= 0.3 is 16.4 Å². The lowest BCUT2D eigenvalue weighted by Gasteiger charge is -2.41. The van der Waals surface area contributed by atoms with Crippen molar-refractivity contribution in [1.29, 1.82) is 0 Å². The van der Waals surface area contributed by atoms with Gasteiger partial charge in [-0.05, 0) is 83.5 Å². The Labute approximate surface area is 451 Å². The summed E-state index contributed by atoms with van der Waals surface area (Å²) in [5.41, 5.74) is 0. The van der Waals surface area contributed by atoms with Gasteiger partial charge in [-0.2, -0.15) is 8.42 Å². The molecule has 13 heteroatoms. The predicted octanol–water partition coefficient (Wildman–Crippen LogP) is 15.0. The summed E-state index contributed by atoms with van der Waals surface area (Å²) in [5, 5.41) is 30.9. The van der Waals surface area contributed by atoms with Crippen LogP contribution in [0, 0.1) is 0 Å². The lowest BCUT2D eigenvalue weighted by atomic mass is 9.99. The van der Waals surface area contributed by atoms with Crippen LogP contribution in [0.2, 0.25) is 0 Å². The number of aliphatic hydroxyl groups excluding tert-OH is 3. The van der Waals surface area contributed by atoms with Crippen LogP contribution in [0.15, 0.2) is 72.9 Å². The maximum Gasteiger partial charge on any atom is 0.397 e. The third kappa shape index (κ3) is 43.6. The average molecular weight is 1070 g/mol. The minimum Gasteiger partial charge on any atom is -0.457 e. The molecule has 1 saturated heterocycles. The van der Waals surface area contributed by atoms with Crippen LogP contribution in [0.4, 0.5) is 0 Å². The number of carbonyl (C=O) groups is 1. The summed E-state index contributed by atoms with van der Waals surface area (Å²) >= 11 is 0. The van der Waals surface area contributed by atoms with Gasteiger partial charge in [0.25, 0.3) is 0 Å². The summed E-state index contributed by atoms with van der Waals surface area (Å²) in [5.74, 6) is -0.407. The number of esters is 1. The van der Waals surface area contributed by atoms with Gasteiger partial charge < -0.3 is 34.3 Å². The zero-order valence-corrected chi connectivity index (χ0v) is 47.5. The number of allylic oxidation sites excluding steroid dienone is 12. The molecule has 0 aromatic heterocycles. The molecule has 6 unspecified atom stereocenters. The smallest absolute Gasteiger partial charge is 0.397 e. The average Bonchev–Trinajstić information content (AvgIpc) is 3.38. The zero-order chi connectivity index (χ0) is 53.8. The molecule has 0 bridgehead atoms. The van der Waals surface area contributed by atoms with Gasteiger partial charge in [0.15, 0.2) is 6.29 Å². The highest BCUT2D eigenvalue weighted by atomic mass is 32.3. The molecule has 1 aliphatic rings.